The number of nitrogens with zero attached hydrogens (tertiary/aromatic N) is 2. The summed E-state index contributed by atoms with van der Waals surface area (Å²) in [7, 11) is 0. The first kappa shape index (κ1) is 20.2. The van der Waals surface area contributed by atoms with Crippen LogP contribution in [0.4, 0.5) is 21.9 Å². The van der Waals surface area contributed by atoms with Crippen LogP contribution in [-0.2, 0) is 4.79 Å². The Morgan fingerprint density at radius 2 is 1.68 bits per heavy atom. The van der Waals surface area contributed by atoms with Crippen LogP contribution in [-0.4, -0.2) is 37.6 Å². The topological polar surface area (TPSA) is 64.7 Å². The Labute approximate surface area is 187 Å². The van der Waals surface area contributed by atoms with Crippen LogP contribution in [0.25, 0.3) is 0 Å². The lowest BCUT2D eigenvalue weighted by atomic mass is 10.0. The number of halogens is 1. The molecule has 1 aliphatic carbocycles. The van der Waals surface area contributed by atoms with Gasteiger partial charge in [0.25, 0.3) is 0 Å². The normalized spacial score (nSPS) is 22.0. The van der Waals surface area contributed by atoms with Crippen molar-refractivity contribution in [2.45, 2.75) is 38.1 Å². The standard InChI is InChI=1S/C24H27ClN4O2/c25-17-3-5-18(6-4-17)26-23(31)27-21-2-1-14-29(22(21)30)20-9-7-19(8-10-20)28-15-13-24(16-28)11-12-24/h3-10,21H,1-2,11-16H2,(H2,26,27,31)/t21-/m1/s1. The lowest BCUT2D eigenvalue weighted by molar-refractivity contribution is -0.121. The molecule has 3 aliphatic rings. The van der Waals surface area contributed by atoms with Gasteiger partial charge < -0.3 is 20.4 Å². The average molecular weight is 439 g/mol. The van der Waals surface area contributed by atoms with E-state index in [1.54, 1.807) is 29.2 Å². The van der Waals surface area contributed by atoms with Gasteiger partial charge in [-0.1, -0.05) is 11.6 Å². The minimum absolute atomic E-state index is 0.0663. The van der Waals surface area contributed by atoms with E-state index in [1.165, 1.54) is 24.9 Å². The summed E-state index contributed by atoms with van der Waals surface area (Å²) >= 11 is 5.88. The Balaban J connectivity index is 1.20. The van der Waals surface area contributed by atoms with E-state index < -0.39 is 6.04 Å². The first-order valence-corrected chi connectivity index (χ1v) is 11.4. The zero-order valence-corrected chi connectivity index (χ0v) is 18.2. The summed E-state index contributed by atoms with van der Waals surface area (Å²) < 4.78 is 0. The van der Waals surface area contributed by atoms with Crippen LogP contribution < -0.4 is 20.4 Å². The molecule has 2 aliphatic heterocycles. The van der Waals surface area contributed by atoms with Crippen LogP contribution in [0.15, 0.2) is 48.5 Å². The number of hydrogen-bond donors (Lipinski definition) is 2. The molecule has 0 aromatic heterocycles. The number of rotatable bonds is 4. The minimum Gasteiger partial charge on any atom is -0.371 e. The van der Waals surface area contributed by atoms with Crippen molar-refractivity contribution in [3.05, 3.63) is 53.6 Å². The predicted octanol–water partition coefficient (Wildman–Crippen LogP) is 4.65. The first-order chi connectivity index (χ1) is 15.0. The Kier molecular flexibility index (Phi) is 5.26. The Morgan fingerprint density at radius 1 is 0.968 bits per heavy atom. The van der Waals surface area contributed by atoms with Gasteiger partial charge in [0.05, 0.1) is 0 Å². The molecule has 2 N–H and O–H groups in total. The van der Waals surface area contributed by atoms with E-state index >= 15 is 0 Å². The second-order valence-electron chi connectivity index (χ2n) is 8.98. The number of hydrogen-bond acceptors (Lipinski definition) is 3. The molecule has 2 saturated heterocycles. The maximum absolute atomic E-state index is 13.0. The highest BCUT2D eigenvalue weighted by Crippen LogP contribution is 2.53. The third kappa shape index (κ3) is 4.35. The molecule has 1 spiro atoms. The molecule has 2 aromatic carbocycles. The van der Waals surface area contributed by atoms with Crippen molar-refractivity contribution in [1.82, 2.24) is 5.32 Å². The average Bonchev–Trinajstić information content (AvgIpc) is 3.40. The van der Waals surface area contributed by atoms with Gasteiger partial charge in [-0.15, -0.1) is 0 Å². The van der Waals surface area contributed by atoms with Crippen molar-refractivity contribution in [2.75, 3.05) is 34.8 Å². The van der Waals surface area contributed by atoms with Crippen LogP contribution in [0, 0.1) is 5.41 Å². The summed E-state index contributed by atoms with van der Waals surface area (Å²) in [5.74, 6) is -0.0663. The lowest BCUT2D eigenvalue weighted by Gasteiger charge is -2.33. The second kappa shape index (κ2) is 8.08. The minimum atomic E-state index is -0.533. The molecule has 0 unspecified atom stereocenters. The zero-order chi connectivity index (χ0) is 21.4. The van der Waals surface area contributed by atoms with Crippen molar-refractivity contribution >= 4 is 40.6 Å². The van der Waals surface area contributed by atoms with Gasteiger partial charge in [0.2, 0.25) is 5.91 Å². The summed E-state index contributed by atoms with van der Waals surface area (Å²) in [5.41, 5.74) is 3.34. The van der Waals surface area contributed by atoms with E-state index in [-0.39, 0.29) is 11.9 Å². The van der Waals surface area contributed by atoms with Crippen molar-refractivity contribution in [3.63, 3.8) is 0 Å². The van der Waals surface area contributed by atoms with Gasteiger partial charge in [-0.05, 0) is 86.1 Å². The summed E-state index contributed by atoms with van der Waals surface area (Å²) in [6, 6.07) is 14.2. The molecule has 7 heteroatoms. The molecule has 6 nitrogen and oxygen atoms in total. The molecule has 1 saturated carbocycles. The van der Waals surface area contributed by atoms with Gasteiger partial charge in [0.15, 0.2) is 0 Å². The number of carbonyl (C=O) groups is 2. The smallest absolute Gasteiger partial charge is 0.319 e. The van der Waals surface area contributed by atoms with E-state index in [4.69, 9.17) is 11.6 Å². The largest absolute Gasteiger partial charge is 0.371 e. The van der Waals surface area contributed by atoms with Gasteiger partial charge in [-0.3, -0.25) is 4.79 Å². The Bertz CT molecular complexity index is 972. The zero-order valence-electron chi connectivity index (χ0n) is 17.4. The molecule has 0 bridgehead atoms. The fourth-order valence-electron chi connectivity index (χ4n) is 4.71. The third-order valence-corrected chi connectivity index (χ3v) is 7.02. The lowest BCUT2D eigenvalue weighted by Crippen LogP contribution is -2.53. The summed E-state index contributed by atoms with van der Waals surface area (Å²) in [5, 5.41) is 6.18. The number of amides is 3. The van der Waals surface area contributed by atoms with Crippen LogP contribution in [0.3, 0.4) is 0 Å². The molecule has 0 radical (unpaired) electrons. The molecule has 2 heterocycles. The van der Waals surface area contributed by atoms with Crippen LogP contribution in [0.5, 0.6) is 0 Å². The fourth-order valence-corrected chi connectivity index (χ4v) is 4.83. The molecule has 5 rings (SSSR count). The third-order valence-electron chi connectivity index (χ3n) is 6.77. The van der Waals surface area contributed by atoms with Crippen molar-refractivity contribution in [2.24, 2.45) is 5.41 Å². The molecular weight excluding hydrogens is 412 g/mol. The number of nitrogens with one attached hydrogen (secondary N) is 2. The van der Waals surface area contributed by atoms with Gasteiger partial charge in [0.1, 0.15) is 6.04 Å². The van der Waals surface area contributed by atoms with Crippen LogP contribution in [0.2, 0.25) is 5.02 Å². The number of anilines is 3. The summed E-state index contributed by atoms with van der Waals surface area (Å²) in [6.07, 6.45) is 5.50. The molecule has 3 amide bonds. The van der Waals surface area contributed by atoms with Crippen LogP contribution in [0.1, 0.15) is 32.1 Å². The van der Waals surface area contributed by atoms with E-state index in [0.29, 0.717) is 29.1 Å². The number of carbonyl (C=O) groups excluding carboxylic acids is 2. The monoisotopic (exact) mass is 438 g/mol. The van der Waals surface area contributed by atoms with E-state index in [0.717, 1.165) is 25.2 Å². The highest BCUT2D eigenvalue weighted by Gasteiger charge is 2.47. The Morgan fingerprint density at radius 3 is 2.35 bits per heavy atom. The Hall–Kier alpha value is -2.73. The van der Waals surface area contributed by atoms with Crippen LogP contribution >= 0.6 is 11.6 Å². The molecule has 31 heavy (non-hydrogen) atoms. The van der Waals surface area contributed by atoms with E-state index in [1.807, 2.05) is 12.1 Å². The van der Waals surface area contributed by atoms with E-state index in [2.05, 4.69) is 27.7 Å². The van der Waals surface area contributed by atoms with Gasteiger partial charge >= 0.3 is 6.03 Å². The van der Waals surface area contributed by atoms with Crippen molar-refractivity contribution in [1.29, 1.82) is 0 Å². The van der Waals surface area contributed by atoms with Gasteiger partial charge in [-0.2, -0.15) is 0 Å². The number of piperidine rings is 1. The highest BCUT2D eigenvalue weighted by molar-refractivity contribution is 6.30. The highest BCUT2D eigenvalue weighted by atomic mass is 35.5. The second-order valence-corrected chi connectivity index (χ2v) is 9.41. The maximum Gasteiger partial charge on any atom is 0.319 e. The molecule has 3 fully saturated rings. The number of urea groups is 1. The van der Waals surface area contributed by atoms with Gasteiger partial charge in [0, 0.05) is 41.7 Å². The first-order valence-electron chi connectivity index (χ1n) is 11.0. The number of benzene rings is 2. The fraction of sp³-hybridized carbons (Fsp3) is 0.417. The van der Waals surface area contributed by atoms with Crippen molar-refractivity contribution in [3.8, 4) is 0 Å². The maximum atomic E-state index is 13.0. The molecular formula is C24H27ClN4O2. The SMILES string of the molecule is O=C(Nc1ccc(Cl)cc1)N[C@@H]1CCCN(c2ccc(N3CCC4(CC4)C3)cc2)C1=O. The van der Waals surface area contributed by atoms with Crippen molar-refractivity contribution < 1.29 is 9.59 Å². The van der Waals surface area contributed by atoms with Gasteiger partial charge in [-0.25, -0.2) is 4.79 Å². The molecule has 2 aromatic rings. The predicted molar refractivity (Wildman–Crippen MR) is 124 cm³/mol. The quantitative estimate of drug-likeness (QED) is 0.730. The molecule has 162 valence electrons. The summed E-state index contributed by atoms with van der Waals surface area (Å²) in [6.45, 7) is 2.95. The van der Waals surface area contributed by atoms with E-state index in [9.17, 15) is 9.59 Å². The summed E-state index contributed by atoms with van der Waals surface area (Å²) in [4.78, 5) is 29.7. The molecule has 1 atom stereocenters.